The minimum atomic E-state index is -1.52. The van der Waals surface area contributed by atoms with E-state index < -0.39 is 19.9 Å². The monoisotopic (exact) mass is 861 g/mol. The van der Waals surface area contributed by atoms with Crippen LogP contribution >= 0.6 is 0 Å². The summed E-state index contributed by atoms with van der Waals surface area (Å²) in [5.41, 5.74) is 7.27. The van der Waals surface area contributed by atoms with Crippen molar-refractivity contribution in [3.8, 4) is 33.6 Å². The van der Waals surface area contributed by atoms with Crippen LogP contribution in [0.3, 0.4) is 0 Å². The third-order valence-electron chi connectivity index (χ3n) is 8.66. The van der Waals surface area contributed by atoms with Crippen LogP contribution in [0.5, 0.6) is 0 Å². The van der Waals surface area contributed by atoms with Gasteiger partial charge in [0.05, 0.1) is 13.7 Å². The van der Waals surface area contributed by atoms with Gasteiger partial charge >= 0.3 is 0 Å². The van der Waals surface area contributed by atoms with Crippen LogP contribution in [0.1, 0.15) is 29.1 Å². The van der Waals surface area contributed by atoms with Gasteiger partial charge in [0.1, 0.15) is 5.58 Å². The fourth-order valence-corrected chi connectivity index (χ4v) is 7.28. The third-order valence-corrected chi connectivity index (χ3v) is 10.7. The van der Waals surface area contributed by atoms with Gasteiger partial charge in [-0.25, -0.2) is 0 Å². The SMILES string of the molecule is C[Si](C)(C)c1ccc(-c2[c-]cccc2)nc1.[2H]C([2H])(c1ccnc(-c2[c-]ccc3c2oc2c4ccccc4cc(-c4ccccc4)c32)c1)C(C)(C)C.[Ir]. The molecule has 8 rings (SSSR count). The fourth-order valence-electron chi connectivity index (χ4n) is 6.24. The summed E-state index contributed by atoms with van der Waals surface area (Å²) in [7, 11) is -1.23. The minimum absolute atomic E-state index is 0. The summed E-state index contributed by atoms with van der Waals surface area (Å²) in [6.07, 6.45) is 2.17. The Balaban J connectivity index is 0.000000238. The second-order valence-electron chi connectivity index (χ2n) is 14.7. The Labute approximate surface area is 319 Å². The summed E-state index contributed by atoms with van der Waals surface area (Å²) in [5, 5.41) is 5.62. The maximum absolute atomic E-state index is 8.75. The van der Waals surface area contributed by atoms with Gasteiger partial charge < -0.3 is 14.4 Å². The molecule has 257 valence electrons. The quantitative estimate of drug-likeness (QED) is 0.128. The molecule has 0 spiro atoms. The van der Waals surface area contributed by atoms with Crippen molar-refractivity contribution in [1.82, 2.24) is 9.97 Å². The summed E-state index contributed by atoms with van der Waals surface area (Å²) in [6.45, 7) is 12.7. The maximum atomic E-state index is 8.75. The van der Waals surface area contributed by atoms with Gasteiger partial charge in [0.15, 0.2) is 0 Å². The van der Waals surface area contributed by atoms with Gasteiger partial charge in [-0.05, 0) is 57.0 Å². The van der Waals surface area contributed by atoms with E-state index in [1.807, 2.05) is 87.6 Å². The zero-order valence-electron chi connectivity index (χ0n) is 31.8. The van der Waals surface area contributed by atoms with E-state index in [2.05, 4.69) is 96.3 Å². The largest absolute Gasteiger partial charge is 0.500 e. The van der Waals surface area contributed by atoms with Gasteiger partial charge in [-0.15, -0.1) is 54.1 Å². The van der Waals surface area contributed by atoms with Crippen LogP contribution in [-0.2, 0) is 26.5 Å². The molecule has 8 aromatic rings. The smallest absolute Gasteiger partial charge is 0.129 e. The zero-order chi connectivity index (χ0) is 36.7. The molecule has 0 N–H and O–H groups in total. The number of hydrogen-bond donors (Lipinski definition) is 0. The number of furan rings is 1. The van der Waals surface area contributed by atoms with Gasteiger partial charge in [-0.2, -0.15) is 0 Å². The van der Waals surface area contributed by atoms with Gasteiger partial charge in [-0.3, -0.25) is 0 Å². The summed E-state index contributed by atoms with van der Waals surface area (Å²) in [4.78, 5) is 9.13. The molecule has 0 saturated carbocycles. The first-order chi connectivity index (χ1) is 24.8. The van der Waals surface area contributed by atoms with Gasteiger partial charge in [-0.1, -0.05) is 130 Å². The van der Waals surface area contributed by atoms with Gasteiger partial charge in [0.2, 0.25) is 0 Å². The molecule has 51 heavy (non-hydrogen) atoms. The molecule has 0 saturated heterocycles. The molecule has 0 fully saturated rings. The average molecular weight is 861 g/mol. The van der Waals surface area contributed by atoms with Crippen molar-refractivity contribution < 1.29 is 27.3 Å². The molecule has 0 aliphatic carbocycles. The van der Waals surface area contributed by atoms with Gasteiger partial charge in [0.25, 0.3) is 0 Å². The molecule has 5 heteroatoms. The molecule has 0 aliphatic heterocycles. The van der Waals surface area contributed by atoms with Crippen LogP contribution in [-0.4, -0.2) is 18.0 Å². The Morgan fingerprint density at radius 1 is 0.725 bits per heavy atom. The molecule has 1 radical (unpaired) electrons. The van der Waals surface area contributed by atoms with Crippen LogP contribution in [0, 0.1) is 17.5 Å². The van der Waals surface area contributed by atoms with E-state index in [0.29, 0.717) is 16.8 Å². The zero-order valence-corrected chi connectivity index (χ0v) is 33.2. The predicted molar refractivity (Wildman–Crippen MR) is 213 cm³/mol. The molecular weight excluding hydrogens is 817 g/mol. The number of fused-ring (bicyclic) bond motifs is 5. The summed E-state index contributed by atoms with van der Waals surface area (Å²) < 4.78 is 24.1. The van der Waals surface area contributed by atoms with E-state index in [1.165, 1.54) is 5.19 Å². The Morgan fingerprint density at radius 3 is 2.20 bits per heavy atom. The molecule has 0 bridgehead atoms. The summed E-state index contributed by atoms with van der Waals surface area (Å²) in [6, 6.07) is 47.2. The van der Waals surface area contributed by atoms with Crippen LogP contribution in [0.15, 0.2) is 138 Å². The van der Waals surface area contributed by atoms with Crippen molar-refractivity contribution in [3.05, 3.63) is 151 Å². The predicted octanol–water partition coefficient (Wildman–Crippen LogP) is 11.9. The van der Waals surface area contributed by atoms with Crippen LogP contribution < -0.4 is 5.19 Å². The van der Waals surface area contributed by atoms with Crippen molar-refractivity contribution in [1.29, 1.82) is 0 Å². The number of aromatic nitrogens is 2. The molecule has 0 aliphatic rings. The first kappa shape index (κ1) is 33.5. The summed E-state index contributed by atoms with van der Waals surface area (Å²) in [5.74, 6) is 0. The van der Waals surface area contributed by atoms with Crippen molar-refractivity contribution in [3.63, 3.8) is 0 Å². The van der Waals surface area contributed by atoms with E-state index in [-0.39, 0.29) is 20.1 Å². The van der Waals surface area contributed by atoms with Crippen LogP contribution in [0.4, 0.5) is 0 Å². The van der Waals surface area contributed by atoms with E-state index in [4.69, 9.17) is 7.16 Å². The van der Waals surface area contributed by atoms with E-state index in [9.17, 15) is 0 Å². The second kappa shape index (κ2) is 14.9. The maximum Gasteiger partial charge on any atom is 0.129 e. The molecule has 5 aromatic carbocycles. The van der Waals surface area contributed by atoms with Crippen molar-refractivity contribution in [2.45, 2.75) is 46.8 Å². The van der Waals surface area contributed by atoms with Crippen LogP contribution in [0.2, 0.25) is 19.6 Å². The first-order valence-corrected chi connectivity index (χ1v) is 20.6. The fraction of sp³-hybridized carbons (Fsp3) is 0.174. The normalized spacial score (nSPS) is 12.5. The molecule has 3 heterocycles. The number of pyridine rings is 2. The first-order valence-electron chi connectivity index (χ1n) is 18.1. The molecule has 3 aromatic heterocycles. The third kappa shape index (κ3) is 7.97. The van der Waals surface area contributed by atoms with E-state index >= 15 is 0 Å². The molecule has 0 amide bonds. The standard InChI is InChI=1S/C32H26NO.C14H16NSi.Ir/c1-32(2,3)20-21-16-17-33-28(18-21)25-14-9-15-26-29-27(22-10-5-4-6-11-22)19-23-12-7-8-13-24(23)31(29)34-30(25)26;1-16(2,3)13-9-10-14(15-11-13)12-7-5-4-6-8-12;/h4-13,15-19H,20H2,1-3H3;4-7,9-11H,1-3H3;/q2*-1;/i20D2;;. The number of hydrogen-bond acceptors (Lipinski definition) is 3. The van der Waals surface area contributed by atoms with Gasteiger partial charge in [0, 0.05) is 46.0 Å². The second-order valence-corrected chi connectivity index (χ2v) is 19.8. The number of nitrogens with zero attached hydrogens (tertiary/aromatic N) is 2. The van der Waals surface area contributed by atoms with Crippen LogP contribution in [0.25, 0.3) is 66.4 Å². The topological polar surface area (TPSA) is 38.9 Å². The number of rotatable bonds is 5. The molecule has 0 atom stereocenters. The van der Waals surface area contributed by atoms with Crippen molar-refractivity contribution in [2.24, 2.45) is 5.41 Å². The Morgan fingerprint density at radius 2 is 1.49 bits per heavy atom. The Hall–Kier alpha value is -4.67. The van der Waals surface area contributed by atoms with Crippen molar-refractivity contribution in [2.75, 3.05) is 0 Å². The molecular formula is C46H42IrN2OSi-2. The minimum Gasteiger partial charge on any atom is -0.500 e. The molecule has 3 nitrogen and oxygen atoms in total. The summed E-state index contributed by atoms with van der Waals surface area (Å²) >= 11 is 0. The average Bonchev–Trinajstić information content (AvgIpc) is 3.55. The van der Waals surface area contributed by atoms with Crippen molar-refractivity contribution >= 4 is 46.0 Å². The number of benzene rings is 5. The van der Waals surface area contributed by atoms with E-state index in [1.54, 1.807) is 12.3 Å². The molecule has 0 unspecified atom stereocenters. The Bertz CT molecular complexity index is 2500. The van der Waals surface area contributed by atoms with E-state index in [0.717, 1.165) is 55.1 Å². The Kier molecular flexibility index (Phi) is 9.77.